The van der Waals surface area contributed by atoms with E-state index in [1.165, 1.54) is 0 Å². The van der Waals surface area contributed by atoms with Crippen LogP contribution in [-0.2, 0) is 0 Å². The zero-order valence-corrected chi connectivity index (χ0v) is 15.1. The minimum atomic E-state index is 0.347. The van der Waals surface area contributed by atoms with E-state index in [1.54, 1.807) is 28.8 Å². The number of aryl methyl sites for hydroxylation is 1. The van der Waals surface area contributed by atoms with Crippen molar-refractivity contribution >= 4 is 45.9 Å². The molecule has 0 unspecified atom stereocenters. The van der Waals surface area contributed by atoms with Gasteiger partial charge in [0.15, 0.2) is 17.2 Å². The zero-order chi connectivity index (χ0) is 18.8. The summed E-state index contributed by atoms with van der Waals surface area (Å²) >= 11 is 5.88. The first-order valence-electron chi connectivity index (χ1n) is 8.12. The van der Waals surface area contributed by atoms with Crippen molar-refractivity contribution in [3.63, 3.8) is 0 Å². The number of azo groups is 2. The number of nitrogens with one attached hydrogen (secondary N) is 1. The maximum Gasteiger partial charge on any atom is 0.197 e. The number of hydrogen-bond acceptors (Lipinski definition) is 6. The van der Waals surface area contributed by atoms with Crippen LogP contribution in [-0.4, -0.2) is 14.6 Å². The maximum atomic E-state index is 6.05. The lowest BCUT2D eigenvalue weighted by molar-refractivity contribution is 0.954. The number of nitrogen functional groups attached to an aromatic ring is 1. The molecule has 0 aliphatic carbocycles. The van der Waals surface area contributed by atoms with Gasteiger partial charge >= 0.3 is 0 Å². The van der Waals surface area contributed by atoms with E-state index >= 15 is 0 Å². The van der Waals surface area contributed by atoms with Crippen LogP contribution in [0.3, 0.4) is 0 Å². The fourth-order valence-electron chi connectivity index (χ4n) is 2.51. The lowest BCUT2D eigenvalue weighted by atomic mass is 10.3. The van der Waals surface area contributed by atoms with Gasteiger partial charge < -0.3 is 5.73 Å². The van der Waals surface area contributed by atoms with Crippen molar-refractivity contribution in [2.75, 3.05) is 5.73 Å². The highest BCUT2D eigenvalue weighted by Gasteiger charge is 2.17. The molecule has 2 heterocycles. The van der Waals surface area contributed by atoms with Gasteiger partial charge in [0.25, 0.3) is 0 Å². The number of nitrogens with zero attached hydrogens (tertiary/aromatic N) is 6. The van der Waals surface area contributed by atoms with E-state index in [-0.39, 0.29) is 0 Å². The van der Waals surface area contributed by atoms with Gasteiger partial charge in [-0.1, -0.05) is 29.8 Å². The van der Waals surface area contributed by atoms with Crippen LogP contribution in [0.5, 0.6) is 0 Å². The fourth-order valence-corrected chi connectivity index (χ4v) is 2.64. The first-order chi connectivity index (χ1) is 13.1. The zero-order valence-electron chi connectivity index (χ0n) is 14.3. The molecule has 0 atom stereocenters. The van der Waals surface area contributed by atoms with Crippen LogP contribution >= 0.6 is 11.6 Å². The number of rotatable bonds is 4. The van der Waals surface area contributed by atoms with Crippen molar-refractivity contribution in [3.8, 4) is 0 Å². The van der Waals surface area contributed by atoms with Crippen LogP contribution in [0.1, 0.15) is 5.69 Å². The molecule has 4 aromatic rings. The topological polar surface area (TPSA) is 109 Å². The largest absolute Gasteiger partial charge is 0.382 e. The average Bonchev–Trinajstić information content (AvgIpc) is 3.14. The van der Waals surface area contributed by atoms with Crippen molar-refractivity contribution in [1.82, 2.24) is 14.6 Å². The van der Waals surface area contributed by atoms with Gasteiger partial charge in [-0.15, -0.1) is 15.3 Å². The Labute approximate surface area is 159 Å². The van der Waals surface area contributed by atoms with Crippen LogP contribution in [0.15, 0.2) is 75.1 Å². The van der Waals surface area contributed by atoms with E-state index in [9.17, 15) is 0 Å². The molecule has 0 aliphatic heterocycles. The van der Waals surface area contributed by atoms with E-state index < -0.39 is 0 Å². The summed E-state index contributed by atoms with van der Waals surface area (Å²) in [6.07, 6.45) is 0. The van der Waals surface area contributed by atoms with Crippen LogP contribution in [0.2, 0.25) is 5.02 Å². The molecule has 2 aromatic carbocycles. The number of nitrogens with two attached hydrogens (primary N) is 1. The molecule has 0 aliphatic rings. The van der Waals surface area contributed by atoms with E-state index in [0.717, 1.165) is 5.69 Å². The Morgan fingerprint density at radius 2 is 1.59 bits per heavy atom. The second-order valence-corrected chi connectivity index (χ2v) is 6.20. The molecule has 0 fully saturated rings. The highest BCUT2D eigenvalue weighted by atomic mass is 35.5. The fraction of sp³-hybridized carbons (Fsp3) is 0.0556. The maximum absolute atomic E-state index is 6.05. The molecule has 3 N–H and O–H groups in total. The molecular formula is C18H15ClN8. The molecular weight excluding hydrogens is 364 g/mol. The number of hydrogen-bond donors (Lipinski definition) is 2. The van der Waals surface area contributed by atoms with Gasteiger partial charge in [-0.2, -0.15) is 5.11 Å². The van der Waals surface area contributed by atoms with E-state index in [4.69, 9.17) is 17.3 Å². The van der Waals surface area contributed by atoms with E-state index in [1.807, 2.05) is 37.3 Å². The van der Waals surface area contributed by atoms with Gasteiger partial charge in [0.05, 0.1) is 17.1 Å². The third kappa shape index (κ3) is 3.42. The summed E-state index contributed by atoms with van der Waals surface area (Å²) < 4.78 is 1.64. The highest BCUT2D eigenvalue weighted by molar-refractivity contribution is 6.30. The Hall–Kier alpha value is -3.52. The molecule has 0 amide bonds. The quantitative estimate of drug-likeness (QED) is 0.422. The number of anilines is 1. The minimum Gasteiger partial charge on any atom is -0.382 e. The van der Waals surface area contributed by atoms with E-state index in [0.29, 0.717) is 39.4 Å². The third-order valence-corrected chi connectivity index (χ3v) is 4.08. The highest BCUT2D eigenvalue weighted by Crippen LogP contribution is 2.33. The number of halogens is 1. The third-order valence-electron chi connectivity index (χ3n) is 3.83. The molecule has 4 rings (SSSR count). The van der Waals surface area contributed by atoms with Gasteiger partial charge in [0.1, 0.15) is 5.82 Å². The van der Waals surface area contributed by atoms with Crippen LogP contribution in [0.4, 0.5) is 28.7 Å². The summed E-state index contributed by atoms with van der Waals surface area (Å²) in [6, 6.07) is 16.5. The summed E-state index contributed by atoms with van der Waals surface area (Å²) in [6.45, 7) is 1.84. The predicted octanol–water partition coefficient (Wildman–Crippen LogP) is 6.04. The molecule has 27 heavy (non-hydrogen) atoms. The van der Waals surface area contributed by atoms with Crippen LogP contribution in [0, 0.1) is 6.92 Å². The predicted molar refractivity (Wildman–Crippen MR) is 105 cm³/mol. The molecule has 9 heteroatoms. The molecule has 134 valence electrons. The van der Waals surface area contributed by atoms with Crippen molar-refractivity contribution in [3.05, 3.63) is 65.3 Å². The normalized spacial score (nSPS) is 11.9. The number of aromatic amines is 1. The number of fused-ring (bicyclic) bond motifs is 1. The van der Waals surface area contributed by atoms with Crippen molar-refractivity contribution in [1.29, 1.82) is 0 Å². The standard InChI is InChI=1S/C18H15ClN8/c1-11-17(25-23-14-9-7-12(19)8-10-14)27-18(21-11)15(16(20)26-27)24-22-13-5-3-2-4-6-13/h2-10,26H,20H2,1H3. The molecule has 0 saturated heterocycles. The van der Waals surface area contributed by atoms with Crippen molar-refractivity contribution in [2.45, 2.75) is 6.92 Å². The van der Waals surface area contributed by atoms with Gasteiger partial charge in [-0.25, -0.2) is 9.50 Å². The van der Waals surface area contributed by atoms with Gasteiger partial charge in [-0.05, 0) is 43.3 Å². The van der Waals surface area contributed by atoms with Crippen molar-refractivity contribution in [2.24, 2.45) is 20.5 Å². The molecule has 0 radical (unpaired) electrons. The Balaban J connectivity index is 1.70. The second kappa shape index (κ2) is 7.00. The smallest absolute Gasteiger partial charge is 0.197 e. The number of benzene rings is 2. The van der Waals surface area contributed by atoms with Gasteiger partial charge in [-0.3, -0.25) is 5.10 Å². The lowest BCUT2D eigenvalue weighted by Crippen LogP contribution is -1.88. The molecule has 0 saturated carbocycles. The minimum absolute atomic E-state index is 0.347. The lowest BCUT2D eigenvalue weighted by Gasteiger charge is -1.94. The molecule has 0 bridgehead atoms. The second-order valence-electron chi connectivity index (χ2n) is 5.77. The number of imidazole rings is 1. The monoisotopic (exact) mass is 378 g/mol. The van der Waals surface area contributed by atoms with Crippen LogP contribution in [0.25, 0.3) is 5.65 Å². The Morgan fingerprint density at radius 3 is 2.33 bits per heavy atom. The first kappa shape index (κ1) is 16.9. The molecule has 2 aromatic heterocycles. The molecule has 8 nitrogen and oxygen atoms in total. The summed E-state index contributed by atoms with van der Waals surface area (Å²) in [4.78, 5) is 4.50. The molecule has 0 spiro atoms. The van der Waals surface area contributed by atoms with E-state index in [2.05, 4.69) is 30.5 Å². The summed E-state index contributed by atoms with van der Waals surface area (Å²) in [5, 5.41) is 20.6. The van der Waals surface area contributed by atoms with Crippen molar-refractivity contribution < 1.29 is 0 Å². The summed E-state index contributed by atoms with van der Waals surface area (Å²) in [7, 11) is 0. The Morgan fingerprint density at radius 1 is 0.926 bits per heavy atom. The Bertz CT molecular complexity index is 1140. The SMILES string of the molecule is Cc1nc2c(N=Nc3ccccc3)c(N)[nH]n2c1N=Nc1ccc(Cl)cc1. The number of aromatic nitrogens is 3. The number of H-pyrrole nitrogens is 1. The van der Waals surface area contributed by atoms with Gasteiger partial charge in [0, 0.05) is 5.02 Å². The first-order valence-corrected chi connectivity index (χ1v) is 8.50. The average molecular weight is 379 g/mol. The summed E-state index contributed by atoms with van der Waals surface area (Å²) in [5.74, 6) is 0.882. The Kier molecular flexibility index (Phi) is 4.39. The van der Waals surface area contributed by atoms with Gasteiger partial charge in [0.2, 0.25) is 0 Å². The van der Waals surface area contributed by atoms with Crippen LogP contribution < -0.4 is 5.73 Å². The summed E-state index contributed by atoms with van der Waals surface area (Å²) in [5.41, 5.74) is 9.13.